The minimum atomic E-state index is -0.535. The molecule has 2 aromatic carbocycles. The number of esters is 1. The van der Waals surface area contributed by atoms with E-state index in [-0.39, 0.29) is 12.5 Å². The summed E-state index contributed by atoms with van der Waals surface area (Å²) >= 11 is 1.45. The van der Waals surface area contributed by atoms with E-state index in [1.54, 1.807) is 38.5 Å². The molecule has 0 atom stereocenters. The number of anilines is 1. The smallest absolute Gasteiger partial charge is 0.338 e. The van der Waals surface area contributed by atoms with Crippen LogP contribution in [0.1, 0.15) is 36.8 Å². The summed E-state index contributed by atoms with van der Waals surface area (Å²) < 4.78 is 16.0. The minimum absolute atomic E-state index is 0.0429. The molecule has 168 valence electrons. The topological polar surface area (TPSA) is 86.8 Å². The molecule has 0 aliphatic heterocycles. The second kappa shape index (κ2) is 9.82. The van der Waals surface area contributed by atoms with E-state index in [0.29, 0.717) is 28.4 Å². The van der Waals surface area contributed by atoms with E-state index in [9.17, 15) is 9.59 Å². The van der Waals surface area contributed by atoms with Gasteiger partial charge in [0, 0.05) is 22.0 Å². The highest BCUT2D eigenvalue weighted by Gasteiger charge is 2.21. The van der Waals surface area contributed by atoms with Crippen LogP contribution < -0.4 is 14.8 Å². The second-order valence-electron chi connectivity index (χ2n) is 8.07. The third kappa shape index (κ3) is 5.64. The Bertz CT molecular complexity index is 1120. The summed E-state index contributed by atoms with van der Waals surface area (Å²) in [6.45, 7) is 5.51. The molecule has 0 saturated heterocycles. The van der Waals surface area contributed by atoms with Crippen molar-refractivity contribution in [2.24, 2.45) is 5.41 Å². The molecule has 0 saturated carbocycles. The Hall–Kier alpha value is -3.39. The molecule has 8 heteroatoms. The van der Waals surface area contributed by atoms with Gasteiger partial charge in [0.25, 0.3) is 0 Å². The largest absolute Gasteiger partial charge is 0.493 e. The molecule has 0 aliphatic carbocycles. The van der Waals surface area contributed by atoms with Crippen molar-refractivity contribution in [1.82, 2.24) is 4.98 Å². The fourth-order valence-corrected chi connectivity index (χ4v) is 3.54. The molecule has 0 unspecified atom stereocenters. The van der Waals surface area contributed by atoms with Crippen molar-refractivity contribution in [2.75, 3.05) is 19.5 Å². The van der Waals surface area contributed by atoms with Crippen LogP contribution in [0.15, 0.2) is 47.8 Å². The highest BCUT2D eigenvalue weighted by Crippen LogP contribution is 2.33. The molecular formula is C24H26N2O5S. The molecule has 7 nitrogen and oxygen atoms in total. The number of hydrogen-bond donors (Lipinski definition) is 1. The van der Waals surface area contributed by atoms with Gasteiger partial charge in [-0.25, -0.2) is 9.78 Å². The molecule has 1 heterocycles. The first-order chi connectivity index (χ1) is 15.2. The number of thiazole rings is 1. The predicted octanol–water partition coefficient (Wildman–Crippen LogP) is 5.17. The van der Waals surface area contributed by atoms with Gasteiger partial charge in [0.15, 0.2) is 11.5 Å². The highest BCUT2D eigenvalue weighted by atomic mass is 32.1. The van der Waals surface area contributed by atoms with Gasteiger partial charge in [-0.2, -0.15) is 0 Å². The number of carbonyl (C=O) groups excluding carboxylic acids is 2. The number of hydrogen-bond acceptors (Lipinski definition) is 7. The summed E-state index contributed by atoms with van der Waals surface area (Å²) in [5.74, 6) is 0.639. The number of amides is 1. The quantitative estimate of drug-likeness (QED) is 0.496. The average Bonchev–Trinajstić information content (AvgIpc) is 3.25. The number of nitrogens with zero attached hydrogens (tertiary/aromatic N) is 1. The first kappa shape index (κ1) is 23.3. The van der Waals surface area contributed by atoms with Gasteiger partial charge in [-0.1, -0.05) is 26.8 Å². The molecule has 0 spiro atoms. The zero-order valence-corrected chi connectivity index (χ0v) is 19.5. The van der Waals surface area contributed by atoms with Gasteiger partial charge in [0.05, 0.1) is 25.5 Å². The number of ether oxygens (including phenoxy) is 3. The predicted molar refractivity (Wildman–Crippen MR) is 124 cm³/mol. The number of aromatic nitrogens is 1. The molecule has 0 fully saturated rings. The van der Waals surface area contributed by atoms with Gasteiger partial charge < -0.3 is 19.5 Å². The normalized spacial score (nSPS) is 11.0. The third-order valence-electron chi connectivity index (χ3n) is 4.57. The van der Waals surface area contributed by atoms with Gasteiger partial charge in [0.2, 0.25) is 5.91 Å². The lowest BCUT2D eigenvalue weighted by atomic mass is 9.95. The Balaban J connectivity index is 1.65. The maximum atomic E-state index is 12.5. The second-order valence-corrected chi connectivity index (χ2v) is 8.93. The fourth-order valence-electron chi connectivity index (χ4n) is 2.74. The summed E-state index contributed by atoms with van der Waals surface area (Å²) in [6.07, 6.45) is 0. The lowest BCUT2D eigenvalue weighted by molar-refractivity contribution is -0.123. The maximum Gasteiger partial charge on any atom is 0.338 e. The minimum Gasteiger partial charge on any atom is -0.493 e. The summed E-state index contributed by atoms with van der Waals surface area (Å²) in [7, 11) is 3.17. The molecule has 1 amide bonds. The number of carbonyl (C=O) groups is 2. The van der Waals surface area contributed by atoms with Crippen molar-refractivity contribution < 1.29 is 23.8 Å². The Morgan fingerprint density at radius 1 is 1.03 bits per heavy atom. The molecule has 1 aromatic heterocycles. The zero-order chi connectivity index (χ0) is 23.3. The van der Waals surface area contributed by atoms with Gasteiger partial charge in [-0.3, -0.25) is 4.79 Å². The Morgan fingerprint density at radius 3 is 2.47 bits per heavy atom. The van der Waals surface area contributed by atoms with Gasteiger partial charge in [-0.15, -0.1) is 11.3 Å². The molecular weight excluding hydrogens is 428 g/mol. The Labute approximate surface area is 191 Å². The Kier molecular flexibility index (Phi) is 7.15. The average molecular weight is 455 g/mol. The number of methoxy groups -OCH3 is 2. The van der Waals surface area contributed by atoms with Gasteiger partial charge in [0.1, 0.15) is 11.6 Å². The van der Waals surface area contributed by atoms with Crippen LogP contribution in [-0.2, 0) is 16.1 Å². The number of nitrogens with one attached hydrogen (secondary N) is 1. The Morgan fingerprint density at radius 2 is 1.78 bits per heavy atom. The van der Waals surface area contributed by atoms with Crippen LogP contribution >= 0.6 is 11.3 Å². The van der Waals surface area contributed by atoms with E-state index < -0.39 is 11.4 Å². The molecule has 3 rings (SSSR count). The number of benzene rings is 2. The molecule has 32 heavy (non-hydrogen) atoms. The van der Waals surface area contributed by atoms with E-state index in [1.807, 2.05) is 44.4 Å². The van der Waals surface area contributed by atoms with Crippen LogP contribution in [0.5, 0.6) is 11.5 Å². The molecule has 0 aliphatic rings. The lowest BCUT2D eigenvalue weighted by Gasteiger charge is -2.17. The van der Waals surface area contributed by atoms with Crippen molar-refractivity contribution in [3.63, 3.8) is 0 Å². The van der Waals surface area contributed by atoms with E-state index >= 15 is 0 Å². The van der Waals surface area contributed by atoms with E-state index in [1.165, 1.54) is 11.3 Å². The first-order valence-corrected chi connectivity index (χ1v) is 10.8. The first-order valence-electron chi connectivity index (χ1n) is 9.96. The SMILES string of the molecule is COc1ccc(-c2nc(COC(=O)c3cccc(NC(=O)C(C)(C)C)c3)cs2)cc1OC. The summed E-state index contributed by atoms with van der Waals surface area (Å²) in [4.78, 5) is 29.2. The monoisotopic (exact) mass is 454 g/mol. The lowest BCUT2D eigenvalue weighted by Crippen LogP contribution is -2.27. The third-order valence-corrected chi connectivity index (χ3v) is 5.51. The van der Waals surface area contributed by atoms with Crippen molar-refractivity contribution in [3.8, 4) is 22.1 Å². The van der Waals surface area contributed by atoms with Crippen molar-refractivity contribution in [1.29, 1.82) is 0 Å². The fraction of sp³-hybridized carbons (Fsp3) is 0.292. The molecule has 3 aromatic rings. The summed E-state index contributed by atoms with van der Waals surface area (Å²) in [5, 5.41) is 5.44. The van der Waals surface area contributed by atoms with E-state index in [0.717, 1.165) is 10.6 Å². The van der Waals surface area contributed by atoms with Crippen LogP contribution in [-0.4, -0.2) is 31.1 Å². The molecule has 0 radical (unpaired) electrons. The number of rotatable bonds is 7. The standard InChI is InChI=1S/C24H26N2O5S/c1-24(2,3)23(28)26-17-8-6-7-16(11-17)22(27)31-13-18-14-32-21(25-18)15-9-10-19(29-4)20(12-15)30-5/h6-12,14H,13H2,1-5H3,(H,26,28). The summed E-state index contributed by atoms with van der Waals surface area (Å²) in [5.41, 5.74) is 1.89. The maximum absolute atomic E-state index is 12.5. The van der Waals surface area contributed by atoms with Gasteiger partial charge in [-0.05, 0) is 36.4 Å². The van der Waals surface area contributed by atoms with E-state index in [2.05, 4.69) is 10.3 Å². The van der Waals surface area contributed by atoms with Crippen LogP contribution in [0, 0.1) is 5.41 Å². The van der Waals surface area contributed by atoms with Crippen LogP contribution in [0.4, 0.5) is 5.69 Å². The van der Waals surface area contributed by atoms with Crippen molar-refractivity contribution in [2.45, 2.75) is 27.4 Å². The van der Waals surface area contributed by atoms with Gasteiger partial charge >= 0.3 is 5.97 Å². The van der Waals surface area contributed by atoms with Crippen LogP contribution in [0.25, 0.3) is 10.6 Å². The zero-order valence-electron chi connectivity index (χ0n) is 18.7. The van der Waals surface area contributed by atoms with Crippen LogP contribution in [0.2, 0.25) is 0 Å². The molecule has 1 N–H and O–H groups in total. The summed E-state index contributed by atoms with van der Waals surface area (Å²) in [6, 6.07) is 12.2. The van der Waals surface area contributed by atoms with Crippen LogP contribution in [0.3, 0.4) is 0 Å². The van der Waals surface area contributed by atoms with Crippen molar-refractivity contribution >= 4 is 28.9 Å². The van der Waals surface area contributed by atoms with Crippen molar-refractivity contribution in [3.05, 3.63) is 59.1 Å². The molecule has 0 bridgehead atoms. The van der Waals surface area contributed by atoms with E-state index in [4.69, 9.17) is 14.2 Å². The highest BCUT2D eigenvalue weighted by molar-refractivity contribution is 7.13.